The van der Waals surface area contributed by atoms with Gasteiger partial charge in [-0.25, -0.2) is 0 Å². The molecule has 0 fully saturated rings. The van der Waals surface area contributed by atoms with E-state index in [-0.39, 0.29) is 0 Å². The summed E-state index contributed by atoms with van der Waals surface area (Å²) in [4.78, 5) is 0. The minimum absolute atomic E-state index is 0.862. The molecule has 2 aromatic carbocycles. The predicted molar refractivity (Wildman–Crippen MR) is 97.7 cm³/mol. The second kappa shape index (κ2) is 10.4. The molecule has 0 aromatic heterocycles. The normalized spacial score (nSPS) is 10.4. The fraction of sp³-hybridized carbons (Fsp3) is 0.200. The second-order valence-electron chi connectivity index (χ2n) is 4.70. The van der Waals surface area contributed by atoms with E-state index in [9.17, 15) is 0 Å². The van der Waals surface area contributed by atoms with E-state index in [0.29, 0.717) is 0 Å². The Labute approximate surface area is 134 Å². The van der Waals surface area contributed by atoms with E-state index in [1.807, 2.05) is 44.2 Å². The van der Waals surface area contributed by atoms with Crippen LogP contribution in [0.15, 0.2) is 78.9 Å². The summed E-state index contributed by atoms with van der Waals surface area (Å²) in [6, 6.07) is 18.5. The molecule has 0 saturated heterocycles. The predicted octanol–water partition coefficient (Wildman–Crippen LogP) is 4.90. The Kier molecular flexibility index (Phi) is 8.39. The van der Waals surface area contributed by atoms with Gasteiger partial charge in [0.1, 0.15) is 0 Å². The molecule has 2 rings (SSSR count). The van der Waals surface area contributed by atoms with E-state index < -0.39 is 0 Å². The SMILES string of the molecule is C=C/C=C(\Cc1ccccc1)Cc1ccccc1NN.CC. The van der Waals surface area contributed by atoms with Crippen LogP contribution >= 0.6 is 0 Å². The fourth-order valence-corrected chi connectivity index (χ4v) is 2.26. The molecule has 0 amide bonds. The quantitative estimate of drug-likeness (QED) is 0.452. The van der Waals surface area contributed by atoms with Gasteiger partial charge in [-0.1, -0.05) is 86.7 Å². The van der Waals surface area contributed by atoms with E-state index in [0.717, 1.165) is 18.5 Å². The molecular weight excluding hydrogens is 268 g/mol. The lowest BCUT2D eigenvalue weighted by Gasteiger charge is -2.11. The minimum atomic E-state index is 0.862. The highest BCUT2D eigenvalue weighted by Crippen LogP contribution is 2.20. The highest BCUT2D eigenvalue weighted by Gasteiger charge is 2.05. The van der Waals surface area contributed by atoms with Crippen LogP contribution in [0, 0.1) is 0 Å². The van der Waals surface area contributed by atoms with Crippen molar-refractivity contribution in [2.75, 3.05) is 5.43 Å². The third-order valence-electron chi connectivity index (χ3n) is 3.22. The number of hydrazine groups is 1. The zero-order valence-electron chi connectivity index (χ0n) is 13.5. The monoisotopic (exact) mass is 294 g/mol. The van der Waals surface area contributed by atoms with Crippen LogP contribution < -0.4 is 11.3 Å². The zero-order chi connectivity index (χ0) is 16.2. The Balaban J connectivity index is 0.00000116. The largest absolute Gasteiger partial charge is 0.324 e. The van der Waals surface area contributed by atoms with Crippen LogP contribution in [0.3, 0.4) is 0 Å². The van der Waals surface area contributed by atoms with Gasteiger partial charge < -0.3 is 5.43 Å². The summed E-state index contributed by atoms with van der Waals surface area (Å²) in [7, 11) is 0. The third-order valence-corrected chi connectivity index (χ3v) is 3.22. The maximum absolute atomic E-state index is 5.56. The van der Waals surface area contributed by atoms with Gasteiger partial charge in [-0.15, -0.1) is 0 Å². The van der Waals surface area contributed by atoms with Gasteiger partial charge in [0.25, 0.3) is 0 Å². The van der Waals surface area contributed by atoms with Gasteiger partial charge in [0, 0.05) is 0 Å². The standard InChI is InChI=1S/C18H20N2.C2H6/c1-2-8-16(13-15-9-4-3-5-10-15)14-17-11-6-7-12-18(17)20-19;1-2/h2-12,20H,1,13-14,19H2;1-2H3/b16-8+;. The van der Waals surface area contributed by atoms with Crippen molar-refractivity contribution in [1.29, 1.82) is 0 Å². The smallest absolute Gasteiger partial charge is 0.0520 e. The highest BCUT2D eigenvalue weighted by atomic mass is 15.2. The Morgan fingerprint density at radius 2 is 1.64 bits per heavy atom. The Hall–Kier alpha value is -2.32. The van der Waals surface area contributed by atoms with Crippen LogP contribution in [0.4, 0.5) is 5.69 Å². The molecule has 0 bridgehead atoms. The van der Waals surface area contributed by atoms with Crippen molar-refractivity contribution >= 4 is 5.69 Å². The van der Waals surface area contributed by atoms with Crippen LogP contribution in [0.5, 0.6) is 0 Å². The number of anilines is 1. The van der Waals surface area contributed by atoms with Crippen LogP contribution in [-0.4, -0.2) is 0 Å². The average molecular weight is 294 g/mol. The zero-order valence-corrected chi connectivity index (χ0v) is 13.5. The lowest BCUT2D eigenvalue weighted by molar-refractivity contribution is 1.03. The van der Waals surface area contributed by atoms with Crippen molar-refractivity contribution in [3.05, 3.63) is 90.0 Å². The molecule has 0 aliphatic heterocycles. The Morgan fingerprint density at radius 1 is 1.00 bits per heavy atom. The van der Waals surface area contributed by atoms with Crippen molar-refractivity contribution in [2.45, 2.75) is 26.7 Å². The summed E-state index contributed by atoms with van der Waals surface area (Å²) in [6.07, 6.45) is 5.71. The first-order chi connectivity index (χ1) is 10.8. The molecule has 0 saturated carbocycles. The summed E-state index contributed by atoms with van der Waals surface area (Å²) in [6.45, 7) is 7.81. The van der Waals surface area contributed by atoms with Crippen LogP contribution in [-0.2, 0) is 12.8 Å². The summed E-state index contributed by atoms with van der Waals surface area (Å²) in [5.41, 5.74) is 7.53. The number of nitrogen functional groups attached to an aromatic ring is 1. The Bertz CT molecular complexity index is 586. The average Bonchev–Trinajstić information content (AvgIpc) is 2.58. The van der Waals surface area contributed by atoms with Gasteiger partial charge in [-0.2, -0.15) is 0 Å². The van der Waals surface area contributed by atoms with Gasteiger partial charge in [0.15, 0.2) is 0 Å². The lowest BCUT2D eigenvalue weighted by Crippen LogP contribution is -2.09. The van der Waals surface area contributed by atoms with Gasteiger partial charge in [0.05, 0.1) is 5.69 Å². The molecular formula is C20H26N2. The van der Waals surface area contributed by atoms with Gasteiger partial charge in [0.2, 0.25) is 0 Å². The second-order valence-corrected chi connectivity index (χ2v) is 4.70. The van der Waals surface area contributed by atoms with Gasteiger partial charge in [-0.05, 0) is 30.0 Å². The maximum atomic E-state index is 5.56. The molecule has 2 aromatic rings. The molecule has 0 unspecified atom stereocenters. The number of benzene rings is 2. The van der Waals surface area contributed by atoms with E-state index in [1.54, 1.807) is 0 Å². The number of para-hydroxylation sites is 1. The van der Waals surface area contributed by atoms with E-state index in [1.165, 1.54) is 16.7 Å². The van der Waals surface area contributed by atoms with Gasteiger partial charge >= 0.3 is 0 Å². The topological polar surface area (TPSA) is 38.0 Å². The third kappa shape index (κ3) is 5.58. The first-order valence-electron chi connectivity index (χ1n) is 7.72. The molecule has 22 heavy (non-hydrogen) atoms. The number of allylic oxidation sites excluding steroid dienone is 3. The van der Waals surface area contributed by atoms with E-state index >= 15 is 0 Å². The number of hydrogen-bond donors (Lipinski definition) is 2. The summed E-state index contributed by atoms with van der Waals surface area (Å²) in [5, 5.41) is 0. The molecule has 0 radical (unpaired) electrons. The van der Waals surface area contributed by atoms with E-state index in [2.05, 4.69) is 48.4 Å². The molecule has 0 atom stereocenters. The number of hydrogen-bond acceptors (Lipinski definition) is 2. The number of rotatable bonds is 6. The van der Waals surface area contributed by atoms with E-state index in [4.69, 9.17) is 5.84 Å². The van der Waals surface area contributed by atoms with Crippen LogP contribution in [0.25, 0.3) is 0 Å². The first kappa shape index (κ1) is 17.7. The summed E-state index contributed by atoms with van der Waals surface area (Å²) in [5.74, 6) is 5.56. The van der Waals surface area contributed by atoms with Crippen molar-refractivity contribution < 1.29 is 0 Å². The number of nitrogens with two attached hydrogens (primary N) is 1. The summed E-state index contributed by atoms with van der Waals surface area (Å²) < 4.78 is 0. The molecule has 0 aliphatic rings. The van der Waals surface area contributed by atoms with Crippen LogP contribution in [0.2, 0.25) is 0 Å². The molecule has 3 N–H and O–H groups in total. The van der Waals surface area contributed by atoms with Crippen molar-refractivity contribution in [1.82, 2.24) is 0 Å². The number of nitrogens with one attached hydrogen (secondary N) is 1. The Morgan fingerprint density at radius 3 is 2.27 bits per heavy atom. The minimum Gasteiger partial charge on any atom is -0.324 e. The van der Waals surface area contributed by atoms with Crippen molar-refractivity contribution in [2.24, 2.45) is 5.84 Å². The first-order valence-corrected chi connectivity index (χ1v) is 7.72. The van der Waals surface area contributed by atoms with Crippen molar-refractivity contribution in [3.8, 4) is 0 Å². The molecule has 0 heterocycles. The molecule has 116 valence electrons. The lowest BCUT2D eigenvalue weighted by atomic mass is 9.97. The van der Waals surface area contributed by atoms with Gasteiger partial charge in [-0.3, -0.25) is 5.84 Å². The molecule has 0 spiro atoms. The molecule has 0 aliphatic carbocycles. The van der Waals surface area contributed by atoms with Crippen molar-refractivity contribution in [3.63, 3.8) is 0 Å². The molecule has 2 heteroatoms. The molecule has 2 nitrogen and oxygen atoms in total. The van der Waals surface area contributed by atoms with Crippen LogP contribution in [0.1, 0.15) is 25.0 Å². The summed E-state index contributed by atoms with van der Waals surface area (Å²) >= 11 is 0. The maximum Gasteiger partial charge on any atom is 0.0520 e. The fourth-order valence-electron chi connectivity index (χ4n) is 2.26. The highest BCUT2D eigenvalue weighted by molar-refractivity contribution is 5.51.